The lowest BCUT2D eigenvalue weighted by atomic mass is 10.0. The van der Waals surface area contributed by atoms with Crippen LogP contribution in [0.15, 0.2) is 45.6 Å². The van der Waals surface area contributed by atoms with Gasteiger partial charge in [0.1, 0.15) is 28.6 Å². The van der Waals surface area contributed by atoms with Crippen LogP contribution in [0.5, 0.6) is 28.7 Å². The molecule has 150 valence electrons. The van der Waals surface area contributed by atoms with Crippen molar-refractivity contribution in [3.63, 3.8) is 0 Å². The van der Waals surface area contributed by atoms with E-state index in [4.69, 9.17) is 18.6 Å². The Hall–Kier alpha value is -3.61. The number of methoxy groups -OCH3 is 2. The number of phenolic OH excluding ortho intramolecular Hbond substituents is 1. The highest BCUT2D eigenvalue weighted by atomic mass is 16.5. The van der Waals surface area contributed by atoms with Gasteiger partial charge in [-0.1, -0.05) is 6.58 Å². The summed E-state index contributed by atoms with van der Waals surface area (Å²) in [6.45, 7) is 5.71. The van der Waals surface area contributed by atoms with Gasteiger partial charge in [-0.15, -0.1) is 0 Å². The number of benzene rings is 2. The summed E-state index contributed by atoms with van der Waals surface area (Å²) >= 11 is 0. The summed E-state index contributed by atoms with van der Waals surface area (Å²) in [6, 6.07) is 6.41. The van der Waals surface area contributed by atoms with E-state index in [-0.39, 0.29) is 28.6 Å². The molecule has 1 atom stereocenters. The lowest BCUT2D eigenvalue weighted by molar-refractivity contribution is 0.271. The minimum atomic E-state index is -0.727. The lowest BCUT2D eigenvalue weighted by Crippen LogP contribution is -2.13. The van der Waals surface area contributed by atoms with Gasteiger partial charge in [0.25, 0.3) is 0 Å². The van der Waals surface area contributed by atoms with E-state index in [1.807, 2.05) is 6.92 Å². The van der Waals surface area contributed by atoms with Gasteiger partial charge in [0.05, 0.1) is 14.2 Å². The minimum absolute atomic E-state index is 0.0442. The highest BCUT2D eigenvalue weighted by molar-refractivity contribution is 5.90. The summed E-state index contributed by atoms with van der Waals surface area (Å²) in [6.07, 6.45) is 0.103. The van der Waals surface area contributed by atoms with E-state index in [1.54, 1.807) is 24.3 Å². The van der Waals surface area contributed by atoms with Crippen LogP contribution in [0, 0.1) is 0 Å². The fraction of sp³-hybridized carbons (Fsp3) is 0.227. The Morgan fingerprint density at radius 2 is 1.86 bits per heavy atom. The molecule has 1 aliphatic rings. The standard InChI is InChI=1S/C22H20O7/c1-10(2)14-8-12-15(28-14)9-17-18(19(12)23)20(24)21(25)22(29-17)11-5-6-13(26-3)16(7-11)27-4/h5-7,9,14,23,25H,1,8H2,2-4H3/t14-/m0/s1. The van der Waals surface area contributed by atoms with E-state index >= 15 is 0 Å². The van der Waals surface area contributed by atoms with Gasteiger partial charge >= 0.3 is 0 Å². The first kappa shape index (κ1) is 18.7. The van der Waals surface area contributed by atoms with Crippen LogP contribution in [0.25, 0.3) is 22.3 Å². The summed E-state index contributed by atoms with van der Waals surface area (Å²) in [4.78, 5) is 12.9. The van der Waals surface area contributed by atoms with Gasteiger partial charge in [-0.05, 0) is 30.7 Å². The fourth-order valence-electron chi connectivity index (χ4n) is 3.47. The average molecular weight is 396 g/mol. The van der Waals surface area contributed by atoms with Crippen molar-refractivity contribution in [3.05, 3.63) is 52.2 Å². The Morgan fingerprint density at radius 1 is 1.14 bits per heavy atom. The molecule has 0 spiro atoms. The number of aromatic hydroxyl groups is 2. The molecule has 0 amide bonds. The molecular formula is C22H20O7. The second-order valence-electron chi connectivity index (χ2n) is 6.91. The van der Waals surface area contributed by atoms with Crippen LogP contribution in [-0.2, 0) is 6.42 Å². The van der Waals surface area contributed by atoms with Gasteiger partial charge in [-0.25, -0.2) is 0 Å². The van der Waals surface area contributed by atoms with Crippen LogP contribution in [0.1, 0.15) is 12.5 Å². The zero-order valence-electron chi connectivity index (χ0n) is 16.2. The molecule has 2 N–H and O–H groups in total. The van der Waals surface area contributed by atoms with Crippen molar-refractivity contribution in [1.82, 2.24) is 0 Å². The first-order chi connectivity index (χ1) is 13.8. The minimum Gasteiger partial charge on any atom is -0.507 e. The maximum absolute atomic E-state index is 12.9. The molecule has 0 bridgehead atoms. The molecule has 0 fully saturated rings. The van der Waals surface area contributed by atoms with E-state index < -0.39 is 11.2 Å². The molecule has 0 radical (unpaired) electrons. The average Bonchev–Trinajstić information content (AvgIpc) is 3.15. The van der Waals surface area contributed by atoms with E-state index in [0.717, 1.165) is 5.57 Å². The quantitative estimate of drug-likeness (QED) is 0.648. The Labute approximate surface area is 166 Å². The number of hydrogen-bond acceptors (Lipinski definition) is 7. The predicted molar refractivity (Wildman–Crippen MR) is 107 cm³/mol. The molecule has 7 nitrogen and oxygen atoms in total. The largest absolute Gasteiger partial charge is 0.507 e. The van der Waals surface area contributed by atoms with Gasteiger partial charge in [0.15, 0.2) is 17.3 Å². The molecule has 0 saturated carbocycles. The van der Waals surface area contributed by atoms with Crippen LogP contribution in [0.2, 0.25) is 0 Å². The van der Waals surface area contributed by atoms with E-state index in [9.17, 15) is 15.0 Å². The van der Waals surface area contributed by atoms with Gasteiger partial charge in [0, 0.05) is 23.6 Å². The summed E-state index contributed by atoms with van der Waals surface area (Å²) in [5.41, 5.74) is 1.10. The smallest absolute Gasteiger partial charge is 0.238 e. The monoisotopic (exact) mass is 396 g/mol. The third-order valence-electron chi connectivity index (χ3n) is 5.05. The third kappa shape index (κ3) is 2.86. The Balaban J connectivity index is 1.93. The molecule has 0 aliphatic carbocycles. The number of phenols is 1. The molecule has 2 aromatic carbocycles. The first-order valence-electron chi connectivity index (χ1n) is 8.94. The molecule has 0 unspecified atom stereocenters. The Kier molecular flexibility index (Phi) is 4.38. The van der Waals surface area contributed by atoms with Crippen molar-refractivity contribution in [3.8, 4) is 40.1 Å². The van der Waals surface area contributed by atoms with Gasteiger partial charge in [0.2, 0.25) is 11.2 Å². The zero-order chi connectivity index (χ0) is 20.9. The van der Waals surface area contributed by atoms with Crippen molar-refractivity contribution in [2.24, 2.45) is 0 Å². The van der Waals surface area contributed by atoms with Crippen molar-refractivity contribution in [2.45, 2.75) is 19.4 Å². The highest BCUT2D eigenvalue weighted by Gasteiger charge is 2.30. The molecule has 7 heteroatoms. The molecule has 2 heterocycles. The van der Waals surface area contributed by atoms with Gasteiger partial charge in [-0.3, -0.25) is 4.79 Å². The summed E-state index contributed by atoms with van der Waals surface area (Å²) in [5.74, 6) is 0.442. The topological polar surface area (TPSA) is 98.4 Å². The summed E-state index contributed by atoms with van der Waals surface area (Å²) < 4.78 is 22.1. The van der Waals surface area contributed by atoms with Crippen LogP contribution in [0.4, 0.5) is 0 Å². The molecule has 0 saturated heterocycles. The maximum Gasteiger partial charge on any atom is 0.238 e. The van der Waals surface area contributed by atoms with Gasteiger partial charge in [-0.2, -0.15) is 0 Å². The molecule has 4 rings (SSSR count). The van der Waals surface area contributed by atoms with Crippen LogP contribution in [0.3, 0.4) is 0 Å². The van der Waals surface area contributed by atoms with Crippen molar-refractivity contribution in [2.75, 3.05) is 14.2 Å². The summed E-state index contributed by atoms with van der Waals surface area (Å²) in [5, 5.41) is 21.1. The number of ether oxygens (including phenoxy) is 3. The normalized spacial score (nSPS) is 15.1. The van der Waals surface area contributed by atoms with Crippen molar-refractivity contribution in [1.29, 1.82) is 0 Å². The first-order valence-corrected chi connectivity index (χ1v) is 8.94. The van der Waals surface area contributed by atoms with E-state index in [2.05, 4.69) is 6.58 Å². The number of hydrogen-bond donors (Lipinski definition) is 2. The van der Waals surface area contributed by atoms with Crippen molar-refractivity contribution < 1.29 is 28.8 Å². The maximum atomic E-state index is 12.9. The molecular weight excluding hydrogens is 376 g/mol. The molecule has 3 aromatic rings. The van der Waals surface area contributed by atoms with Crippen LogP contribution < -0.4 is 19.6 Å². The van der Waals surface area contributed by atoms with E-state index in [1.165, 1.54) is 14.2 Å². The van der Waals surface area contributed by atoms with E-state index in [0.29, 0.717) is 34.8 Å². The SMILES string of the molecule is C=C(C)[C@@H]1Cc2c(cc3oc(-c4ccc(OC)c(OC)c4)c(O)c(=O)c3c2O)O1. The lowest BCUT2D eigenvalue weighted by Gasteiger charge is -2.12. The fourth-order valence-corrected chi connectivity index (χ4v) is 3.47. The molecule has 1 aromatic heterocycles. The number of rotatable bonds is 4. The van der Waals surface area contributed by atoms with Crippen LogP contribution in [-0.4, -0.2) is 30.5 Å². The number of fused-ring (bicyclic) bond motifs is 2. The Morgan fingerprint density at radius 3 is 2.52 bits per heavy atom. The third-order valence-corrected chi connectivity index (χ3v) is 5.05. The van der Waals surface area contributed by atoms with Crippen LogP contribution >= 0.6 is 0 Å². The Bertz CT molecular complexity index is 1210. The van der Waals surface area contributed by atoms with Crippen molar-refractivity contribution >= 4 is 11.0 Å². The predicted octanol–water partition coefficient (Wildman–Crippen LogP) is 3.77. The van der Waals surface area contributed by atoms with Gasteiger partial charge < -0.3 is 28.8 Å². The second-order valence-corrected chi connectivity index (χ2v) is 6.91. The molecule has 1 aliphatic heterocycles. The highest BCUT2D eigenvalue weighted by Crippen LogP contribution is 2.44. The summed E-state index contributed by atoms with van der Waals surface area (Å²) in [7, 11) is 2.99. The second kappa shape index (κ2) is 6.77. The molecule has 29 heavy (non-hydrogen) atoms. The zero-order valence-corrected chi connectivity index (χ0v) is 16.2.